The molecule has 0 bridgehead atoms. The molecule has 0 saturated carbocycles. The van der Waals surface area contributed by atoms with Gasteiger partial charge in [0.25, 0.3) is 0 Å². The average molecular weight is 290 g/mol. The minimum Gasteiger partial charge on any atom is -0.360 e. The molecule has 2 aromatic rings. The van der Waals surface area contributed by atoms with Gasteiger partial charge in [-0.2, -0.15) is 0 Å². The minimum absolute atomic E-state index is 0.0584. The van der Waals surface area contributed by atoms with E-state index in [2.05, 4.69) is 29.5 Å². The zero-order chi connectivity index (χ0) is 14.5. The van der Waals surface area contributed by atoms with Crippen LogP contribution in [0.3, 0.4) is 0 Å². The molecule has 2 rings (SSSR count). The SMILES string of the molecule is Cc1cc(NC(=O)[C@H](C)SCc2ccccc2C)no1. The molecule has 1 heterocycles. The molecular formula is C15H18N2O2S. The van der Waals surface area contributed by atoms with Crippen molar-refractivity contribution in [3.05, 3.63) is 47.2 Å². The number of amides is 1. The van der Waals surface area contributed by atoms with Crippen LogP contribution in [-0.4, -0.2) is 16.3 Å². The Balaban J connectivity index is 1.87. The number of anilines is 1. The Bertz CT molecular complexity index is 595. The van der Waals surface area contributed by atoms with Gasteiger partial charge < -0.3 is 9.84 Å². The van der Waals surface area contributed by atoms with E-state index in [1.54, 1.807) is 24.8 Å². The van der Waals surface area contributed by atoms with Gasteiger partial charge >= 0.3 is 0 Å². The number of carbonyl (C=O) groups is 1. The second-order valence-corrected chi connectivity index (χ2v) is 6.02. The van der Waals surface area contributed by atoms with Crippen LogP contribution in [-0.2, 0) is 10.5 Å². The number of carbonyl (C=O) groups excluding carboxylic acids is 1. The van der Waals surface area contributed by atoms with E-state index < -0.39 is 0 Å². The van der Waals surface area contributed by atoms with E-state index in [-0.39, 0.29) is 11.2 Å². The molecule has 0 saturated heterocycles. The van der Waals surface area contributed by atoms with Crippen molar-refractivity contribution < 1.29 is 9.32 Å². The lowest BCUT2D eigenvalue weighted by atomic mass is 10.1. The summed E-state index contributed by atoms with van der Waals surface area (Å²) in [4.78, 5) is 12.0. The highest BCUT2D eigenvalue weighted by atomic mass is 32.2. The summed E-state index contributed by atoms with van der Waals surface area (Å²) in [6, 6.07) is 9.92. The Morgan fingerprint density at radius 3 is 2.80 bits per heavy atom. The van der Waals surface area contributed by atoms with Crippen molar-refractivity contribution in [3.8, 4) is 0 Å². The van der Waals surface area contributed by atoms with Crippen LogP contribution in [0.1, 0.15) is 23.8 Å². The van der Waals surface area contributed by atoms with Crippen LogP contribution in [0.5, 0.6) is 0 Å². The lowest BCUT2D eigenvalue weighted by Gasteiger charge is -2.11. The molecule has 106 valence electrons. The van der Waals surface area contributed by atoms with Crippen molar-refractivity contribution in [1.29, 1.82) is 0 Å². The van der Waals surface area contributed by atoms with Gasteiger partial charge in [-0.25, -0.2) is 0 Å². The Hall–Kier alpha value is -1.75. The number of hydrogen-bond acceptors (Lipinski definition) is 4. The van der Waals surface area contributed by atoms with Gasteiger partial charge in [-0.15, -0.1) is 11.8 Å². The van der Waals surface area contributed by atoms with Gasteiger partial charge in [-0.1, -0.05) is 29.4 Å². The molecule has 4 nitrogen and oxygen atoms in total. The van der Waals surface area contributed by atoms with Crippen molar-refractivity contribution in [2.75, 3.05) is 5.32 Å². The molecule has 0 radical (unpaired) electrons. The first-order valence-electron chi connectivity index (χ1n) is 6.46. The smallest absolute Gasteiger partial charge is 0.238 e. The third-order valence-corrected chi connectivity index (χ3v) is 4.19. The molecule has 20 heavy (non-hydrogen) atoms. The van der Waals surface area contributed by atoms with Gasteiger partial charge in [0, 0.05) is 11.8 Å². The molecule has 0 fully saturated rings. The quantitative estimate of drug-likeness (QED) is 0.915. The van der Waals surface area contributed by atoms with E-state index in [0.717, 1.165) is 5.75 Å². The number of aryl methyl sites for hydroxylation is 2. The Morgan fingerprint density at radius 1 is 1.40 bits per heavy atom. The Labute approximate surface area is 122 Å². The van der Waals surface area contributed by atoms with Crippen molar-refractivity contribution in [2.45, 2.75) is 31.8 Å². The minimum atomic E-state index is -0.147. The van der Waals surface area contributed by atoms with E-state index in [1.807, 2.05) is 19.1 Å². The number of aromatic nitrogens is 1. The summed E-state index contributed by atoms with van der Waals surface area (Å²) in [5, 5.41) is 6.36. The molecule has 1 amide bonds. The number of nitrogens with zero attached hydrogens (tertiary/aromatic N) is 1. The molecule has 0 aliphatic heterocycles. The number of thioether (sulfide) groups is 1. The van der Waals surface area contributed by atoms with E-state index in [1.165, 1.54) is 11.1 Å². The molecule has 0 aliphatic carbocycles. The van der Waals surface area contributed by atoms with Crippen LogP contribution in [0.15, 0.2) is 34.9 Å². The standard InChI is InChI=1S/C15H18N2O2S/c1-10-6-4-5-7-13(10)9-20-12(3)15(18)16-14-8-11(2)19-17-14/h4-8,12H,9H2,1-3H3,(H,16,17,18)/t12-/m0/s1. The third-order valence-electron chi connectivity index (χ3n) is 3.00. The molecule has 1 aromatic carbocycles. The highest BCUT2D eigenvalue weighted by molar-refractivity contribution is 7.99. The number of hydrogen-bond donors (Lipinski definition) is 1. The lowest BCUT2D eigenvalue weighted by Crippen LogP contribution is -2.22. The van der Waals surface area contributed by atoms with Crippen LogP contribution in [0, 0.1) is 13.8 Å². The van der Waals surface area contributed by atoms with Gasteiger partial charge in [-0.3, -0.25) is 4.79 Å². The molecule has 0 unspecified atom stereocenters. The van der Waals surface area contributed by atoms with Gasteiger partial charge in [0.1, 0.15) is 5.76 Å². The number of rotatable bonds is 5. The summed E-state index contributed by atoms with van der Waals surface area (Å²) in [7, 11) is 0. The topological polar surface area (TPSA) is 55.1 Å². The fourth-order valence-corrected chi connectivity index (χ4v) is 2.68. The normalized spacial score (nSPS) is 12.2. The molecular weight excluding hydrogens is 272 g/mol. The first-order chi connectivity index (χ1) is 9.56. The maximum absolute atomic E-state index is 12.0. The van der Waals surface area contributed by atoms with Crippen LogP contribution in [0.2, 0.25) is 0 Å². The van der Waals surface area contributed by atoms with Crippen molar-refractivity contribution in [3.63, 3.8) is 0 Å². The summed E-state index contributed by atoms with van der Waals surface area (Å²) in [6.07, 6.45) is 0. The molecule has 1 atom stereocenters. The fourth-order valence-electron chi connectivity index (χ4n) is 1.72. The summed E-state index contributed by atoms with van der Waals surface area (Å²) < 4.78 is 4.92. The largest absolute Gasteiger partial charge is 0.360 e. The highest BCUT2D eigenvalue weighted by Gasteiger charge is 2.15. The number of nitrogens with one attached hydrogen (secondary N) is 1. The first kappa shape index (κ1) is 14.7. The Morgan fingerprint density at radius 2 is 2.15 bits per heavy atom. The van der Waals surface area contributed by atoms with Crippen molar-refractivity contribution >= 4 is 23.5 Å². The summed E-state index contributed by atoms with van der Waals surface area (Å²) >= 11 is 1.61. The third kappa shape index (κ3) is 3.87. The summed E-state index contributed by atoms with van der Waals surface area (Å²) in [5.74, 6) is 1.91. The molecule has 5 heteroatoms. The predicted octanol–water partition coefficient (Wildman–Crippen LogP) is 3.55. The molecule has 1 N–H and O–H groups in total. The van der Waals surface area contributed by atoms with E-state index in [4.69, 9.17) is 4.52 Å². The van der Waals surface area contributed by atoms with E-state index in [9.17, 15) is 4.79 Å². The maximum atomic E-state index is 12.0. The molecule has 1 aromatic heterocycles. The van der Waals surface area contributed by atoms with Crippen LogP contribution in [0.4, 0.5) is 5.82 Å². The molecule has 0 aliphatic rings. The van der Waals surface area contributed by atoms with Gasteiger partial charge in [0.05, 0.1) is 5.25 Å². The van der Waals surface area contributed by atoms with E-state index in [0.29, 0.717) is 11.6 Å². The van der Waals surface area contributed by atoms with Crippen LogP contribution in [0.25, 0.3) is 0 Å². The number of benzene rings is 1. The Kier molecular flexibility index (Phi) is 4.84. The fraction of sp³-hybridized carbons (Fsp3) is 0.333. The second kappa shape index (κ2) is 6.61. The average Bonchev–Trinajstić information content (AvgIpc) is 2.82. The monoisotopic (exact) mass is 290 g/mol. The van der Waals surface area contributed by atoms with Crippen LogP contribution < -0.4 is 5.32 Å². The molecule has 0 spiro atoms. The lowest BCUT2D eigenvalue weighted by molar-refractivity contribution is -0.115. The zero-order valence-electron chi connectivity index (χ0n) is 11.8. The van der Waals surface area contributed by atoms with Crippen LogP contribution >= 0.6 is 11.8 Å². The highest BCUT2D eigenvalue weighted by Crippen LogP contribution is 2.21. The van der Waals surface area contributed by atoms with Gasteiger partial charge in [-0.05, 0) is 31.9 Å². The van der Waals surface area contributed by atoms with Gasteiger partial charge in [0.2, 0.25) is 5.91 Å². The zero-order valence-corrected chi connectivity index (χ0v) is 12.7. The summed E-state index contributed by atoms with van der Waals surface area (Å²) in [6.45, 7) is 5.77. The van der Waals surface area contributed by atoms with Crippen molar-refractivity contribution in [2.24, 2.45) is 0 Å². The first-order valence-corrected chi connectivity index (χ1v) is 7.51. The predicted molar refractivity (Wildman–Crippen MR) is 81.8 cm³/mol. The van der Waals surface area contributed by atoms with Crippen molar-refractivity contribution in [1.82, 2.24) is 5.16 Å². The van der Waals surface area contributed by atoms with Gasteiger partial charge in [0.15, 0.2) is 5.82 Å². The second-order valence-electron chi connectivity index (χ2n) is 4.69. The van der Waals surface area contributed by atoms with E-state index >= 15 is 0 Å². The summed E-state index contributed by atoms with van der Waals surface area (Å²) in [5.41, 5.74) is 2.51. The maximum Gasteiger partial charge on any atom is 0.238 e.